The van der Waals surface area contributed by atoms with E-state index in [0.717, 1.165) is 32.6 Å². The standard InChI is InChI=1S/C43H42N2/c1-2-39(40-27-15-17-29-42(40)44(31-35-19-7-3-8-20-35)32-36-21-9-4-10-22-36)41-28-16-18-30-43(41)45(33-37-23-11-5-12-24-37)34-38-25-13-6-14-26-38/h3-30,39H,2,31-34H2,1H3. The fraction of sp³-hybridized carbons (Fsp3) is 0.163. The van der Waals surface area contributed by atoms with Crippen LogP contribution in [0.4, 0.5) is 11.4 Å². The van der Waals surface area contributed by atoms with Gasteiger partial charge in [-0.2, -0.15) is 0 Å². The topological polar surface area (TPSA) is 6.48 Å². The maximum absolute atomic E-state index is 2.55. The van der Waals surface area contributed by atoms with E-state index in [0.29, 0.717) is 0 Å². The molecular formula is C43H42N2. The van der Waals surface area contributed by atoms with Gasteiger partial charge in [-0.1, -0.05) is 165 Å². The highest BCUT2D eigenvalue weighted by molar-refractivity contribution is 5.63. The summed E-state index contributed by atoms with van der Waals surface area (Å²) in [6.45, 7) is 5.71. The molecule has 2 nitrogen and oxygen atoms in total. The fourth-order valence-electron chi connectivity index (χ4n) is 6.42. The highest BCUT2D eigenvalue weighted by Gasteiger charge is 2.24. The summed E-state index contributed by atoms with van der Waals surface area (Å²) < 4.78 is 0. The van der Waals surface area contributed by atoms with Crippen LogP contribution < -0.4 is 9.80 Å². The van der Waals surface area contributed by atoms with E-state index in [1.807, 2.05) is 0 Å². The van der Waals surface area contributed by atoms with Crippen molar-refractivity contribution in [1.82, 2.24) is 0 Å². The normalized spacial score (nSPS) is 11.0. The lowest BCUT2D eigenvalue weighted by Gasteiger charge is -2.33. The molecular weight excluding hydrogens is 544 g/mol. The van der Waals surface area contributed by atoms with Crippen molar-refractivity contribution in [3.8, 4) is 0 Å². The molecule has 0 spiro atoms. The molecule has 0 bridgehead atoms. The Morgan fingerprint density at radius 2 is 0.622 bits per heavy atom. The summed E-state index contributed by atoms with van der Waals surface area (Å²) in [5.74, 6) is 0.237. The van der Waals surface area contributed by atoms with Crippen LogP contribution in [0.25, 0.3) is 0 Å². The first-order valence-corrected chi connectivity index (χ1v) is 16.1. The molecule has 6 rings (SSSR count). The van der Waals surface area contributed by atoms with Gasteiger partial charge in [0.25, 0.3) is 0 Å². The Balaban J connectivity index is 1.41. The molecule has 0 aliphatic rings. The zero-order valence-electron chi connectivity index (χ0n) is 26.2. The quantitative estimate of drug-likeness (QED) is 0.133. The van der Waals surface area contributed by atoms with E-state index in [2.05, 4.69) is 187 Å². The van der Waals surface area contributed by atoms with Gasteiger partial charge in [-0.05, 0) is 51.9 Å². The molecule has 0 saturated heterocycles. The maximum Gasteiger partial charge on any atom is 0.0433 e. The average molecular weight is 587 g/mol. The van der Waals surface area contributed by atoms with Gasteiger partial charge in [-0.3, -0.25) is 0 Å². The maximum atomic E-state index is 2.55. The largest absolute Gasteiger partial charge is 0.363 e. The van der Waals surface area contributed by atoms with E-state index in [-0.39, 0.29) is 5.92 Å². The molecule has 2 heteroatoms. The highest BCUT2D eigenvalue weighted by Crippen LogP contribution is 2.40. The molecule has 224 valence electrons. The van der Waals surface area contributed by atoms with Crippen LogP contribution in [0.15, 0.2) is 170 Å². The van der Waals surface area contributed by atoms with Gasteiger partial charge in [0, 0.05) is 43.5 Å². The van der Waals surface area contributed by atoms with Gasteiger partial charge in [0.05, 0.1) is 0 Å². The first kappa shape index (κ1) is 30.0. The number of anilines is 2. The summed E-state index contributed by atoms with van der Waals surface area (Å²) in [5, 5.41) is 0. The number of rotatable bonds is 13. The van der Waals surface area contributed by atoms with E-state index in [9.17, 15) is 0 Å². The third-order valence-electron chi connectivity index (χ3n) is 8.58. The molecule has 0 aromatic heterocycles. The lowest BCUT2D eigenvalue weighted by atomic mass is 9.86. The number of hydrogen-bond acceptors (Lipinski definition) is 2. The SMILES string of the molecule is CCC(c1ccccc1N(Cc1ccccc1)Cc1ccccc1)c1ccccc1N(Cc1ccccc1)Cc1ccccc1. The lowest BCUT2D eigenvalue weighted by molar-refractivity contribution is 0.731. The van der Waals surface area contributed by atoms with Crippen LogP contribution in [0.2, 0.25) is 0 Å². The third kappa shape index (κ3) is 7.72. The van der Waals surface area contributed by atoms with Crippen LogP contribution >= 0.6 is 0 Å². The van der Waals surface area contributed by atoms with Crippen molar-refractivity contribution in [2.75, 3.05) is 9.80 Å². The zero-order valence-corrected chi connectivity index (χ0v) is 26.2. The van der Waals surface area contributed by atoms with Gasteiger partial charge in [-0.15, -0.1) is 0 Å². The summed E-state index contributed by atoms with van der Waals surface area (Å²) in [5.41, 5.74) is 10.6. The van der Waals surface area contributed by atoms with E-state index in [1.165, 1.54) is 44.8 Å². The Labute approximate surface area is 269 Å². The summed E-state index contributed by atoms with van der Waals surface area (Å²) in [6.07, 6.45) is 1.00. The van der Waals surface area contributed by atoms with E-state index < -0.39 is 0 Å². The fourth-order valence-corrected chi connectivity index (χ4v) is 6.42. The van der Waals surface area contributed by atoms with Gasteiger partial charge in [0.1, 0.15) is 0 Å². The van der Waals surface area contributed by atoms with E-state index in [4.69, 9.17) is 0 Å². The average Bonchev–Trinajstić information content (AvgIpc) is 3.10. The van der Waals surface area contributed by atoms with Crippen LogP contribution in [0.3, 0.4) is 0 Å². The van der Waals surface area contributed by atoms with Crippen molar-refractivity contribution >= 4 is 11.4 Å². The van der Waals surface area contributed by atoms with Crippen molar-refractivity contribution in [2.24, 2.45) is 0 Å². The van der Waals surface area contributed by atoms with Gasteiger partial charge in [-0.25, -0.2) is 0 Å². The molecule has 0 saturated carbocycles. The molecule has 0 atom stereocenters. The van der Waals surface area contributed by atoms with Gasteiger partial charge in [0.2, 0.25) is 0 Å². The van der Waals surface area contributed by atoms with Crippen molar-refractivity contribution in [2.45, 2.75) is 45.4 Å². The Morgan fingerprint density at radius 3 is 0.911 bits per heavy atom. The molecule has 0 aliphatic carbocycles. The van der Waals surface area contributed by atoms with Gasteiger partial charge >= 0.3 is 0 Å². The molecule has 0 N–H and O–H groups in total. The molecule has 0 heterocycles. The van der Waals surface area contributed by atoms with Crippen molar-refractivity contribution in [3.05, 3.63) is 203 Å². The Morgan fingerprint density at radius 1 is 0.356 bits per heavy atom. The van der Waals surface area contributed by atoms with Crippen LogP contribution in [0.5, 0.6) is 0 Å². The van der Waals surface area contributed by atoms with Crippen LogP contribution in [0.1, 0.15) is 52.6 Å². The van der Waals surface area contributed by atoms with Crippen molar-refractivity contribution in [1.29, 1.82) is 0 Å². The molecule has 6 aromatic carbocycles. The molecule has 0 aliphatic heterocycles. The minimum atomic E-state index is 0.237. The summed E-state index contributed by atoms with van der Waals surface area (Å²) in [6, 6.07) is 61.5. The highest BCUT2D eigenvalue weighted by atomic mass is 15.1. The second-order valence-electron chi connectivity index (χ2n) is 11.7. The van der Waals surface area contributed by atoms with Gasteiger partial charge < -0.3 is 9.80 Å². The minimum Gasteiger partial charge on any atom is -0.363 e. The van der Waals surface area contributed by atoms with Gasteiger partial charge in [0.15, 0.2) is 0 Å². The number of benzene rings is 6. The monoisotopic (exact) mass is 586 g/mol. The number of nitrogens with zero attached hydrogens (tertiary/aromatic N) is 2. The number of para-hydroxylation sites is 2. The first-order valence-electron chi connectivity index (χ1n) is 16.1. The van der Waals surface area contributed by atoms with Crippen LogP contribution in [-0.2, 0) is 26.2 Å². The predicted molar refractivity (Wildman–Crippen MR) is 191 cm³/mol. The molecule has 0 unspecified atom stereocenters. The third-order valence-corrected chi connectivity index (χ3v) is 8.58. The Kier molecular flexibility index (Phi) is 10.0. The first-order chi connectivity index (χ1) is 22.3. The molecule has 45 heavy (non-hydrogen) atoms. The molecule has 0 amide bonds. The molecule has 6 aromatic rings. The minimum absolute atomic E-state index is 0.237. The smallest absolute Gasteiger partial charge is 0.0433 e. The summed E-state index contributed by atoms with van der Waals surface area (Å²) >= 11 is 0. The predicted octanol–water partition coefficient (Wildman–Crippen LogP) is 10.6. The molecule has 0 radical (unpaired) electrons. The second-order valence-corrected chi connectivity index (χ2v) is 11.7. The molecule has 0 fully saturated rings. The van der Waals surface area contributed by atoms with Crippen LogP contribution in [-0.4, -0.2) is 0 Å². The van der Waals surface area contributed by atoms with Crippen molar-refractivity contribution in [3.63, 3.8) is 0 Å². The summed E-state index contributed by atoms with van der Waals surface area (Å²) in [4.78, 5) is 5.11. The lowest BCUT2D eigenvalue weighted by Crippen LogP contribution is -2.25. The Hall–Kier alpha value is -5.08. The van der Waals surface area contributed by atoms with E-state index in [1.54, 1.807) is 0 Å². The Bertz CT molecular complexity index is 1520. The van der Waals surface area contributed by atoms with E-state index >= 15 is 0 Å². The van der Waals surface area contributed by atoms with Crippen molar-refractivity contribution < 1.29 is 0 Å². The zero-order chi connectivity index (χ0) is 30.7. The second kappa shape index (κ2) is 15.1. The number of hydrogen-bond donors (Lipinski definition) is 0. The van der Waals surface area contributed by atoms with Crippen LogP contribution in [0, 0.1) is 0 Å². The summed E-state index contributed by atoms with van der Waals surface area (Å²) in [7, 11) is 0.